The summed E-state index contributed by atoms with van der Waals surface area (Å²) in [6.45, 7) is 1.56. The Morgan fingerprint density at radius 2 is 1.52 bits per heavy atom. The molecule has 0 heterocycles. The predicted octanol–water partition coefficient (Wildman–Crippen LogP) is 3.94. The molecule has 132 valence electrons. The smallest absolute Gasteiger partial charge is 0.331 e. The van der Waals surface area contributed by atoms with Crippen LogP contribution in [-0.4, -0.2) is 32.4 Å². The summed E-state index contributed by atoms with van der Waals surface area (Å²) in [5.41, 5.74) is 2.72. The van der Waals surface area contributed by atoms with Crippen molar-refractivity contribution in [3.05, 3.63) is 47.5 Å². The number of benzene rings is 2. The highest BCUT2D eigenvalue weighted by Gasteiger charge is 2.13. The van der Waals surface area contributed by atoms with Crippen molar-refractivity contribution >= 4 is 23.4 Å². The molecule has 0 saturated carbocycles. The van der Waals surface area contributed by atoms with Crippen molar-refractivity contribution in [3.63, 3.8) is 0 Å². The van der Waals surface area contributed by atoms with E-state index in [0.717, 1.165) is 16.9 Å². The Bertz CT molecular complexity index is 756. The maximum atomic E-state index is 10.9. The molecule has 0 spiro atoms. The number of carbonyl (C=O) groups is 1. The van der Waals surface area contributed by atoms with E-state index in [2.05, 4.69) is 5.32 Å². The van der Waals surface area contributed by atoms with Gasteiger partial charge in [0.05, 0.1) is 21.3 Å². The van der Waals surface area contributed by atoms with Crippen LogP contribution < -0.4 is 19.5 Å². The topological polar surface area (TPSA) is 77.0 Å². The highest BCUT2D eigenvalue weighted by molar-refractivity contribution is 5.91. The molecule has 0 aromatic heterocycles. The third-order valence-corrected chi connectivity index (χ3v) is 3.58. The zero-order valence-corrected chi connectivity index (χ0v) is 14.6. The number of hydrogen-bond acceptors (Lipinski definition) is 5. The highest BCUT2D eigenvalue weighted by atomic mass is 16.5. The molecule has 6 nitrogen and oxygen atoms in total. The first kappa shape index (κ1) is 18.2. The lowest BCUT2D eigenvalue weighted by molar-refractivity contribution is -0.132. The Kier molecular flexibility index (Phi) is 5.89. The summed E-state index contributed by atoms with van der Waals surface area (Å²) >= 11 is 0. The number of methoxy groups -OCH3 is 3. The summed E-state index contributed by atoms with van der Waals surface area (Å²) in [6, 6.07) is 11.0. The first-order valence-corrected chi connectivity index (χ1v) is 7.57. The van der Waals surface area contributed by atoms with Crippen LogP contribution >= 0.6 is 0 Å². The molecule has 2 aromatic rings. The number of rotatable bonds is 7. The van der Waals surface area contributed by atoms with Crippen LogP contribution in [0.2, 0.25) is 0 Å². The molecule has 0 aliphatic rings. The molecule has 2 rings (SSSR count). The van der Waals surface area contributed by atoms with Crippen molar-refractivity contribution in [2.75, 3.05) is 26.6 Å². The molecule has 0 amide bonds. The second-order valence-electron chi connectivity index (χ2n) is 5.29. The molecule has 0 atom stereocenters. The van der Waals surface area contributed by atoms with Gasteiger partial charge in [0.25, 0.3) is 0 Å². The number of aliphatic carboxylic acids is 1. The Labute approximate surface area is 146 Å². The molecule has 6 heteroatoms. The van der Waals surface area contributed by atoms with Gasteiger partial charge in [-0.2, -0.15) is 0 Å². The summed E-state index contributed by atoms with van der Waals surface area (Å²) in [5, 5.41) is 12.2. The van der Waals surface area contributed by atoms with E-state index in [4.69, 9.17) is 19.3 Å². The minimum absolute atomic E-state index is 0.283. The van der Waals surface area contributed by atoms with Crippen LogP contribution in [-0.2, 0) is 4.79 Å². The number of nitrogens with one attached hydrogen (secondary N) is 1. The molecule has 0 aliphatic heterocycles. The van der Waals surface area contributed by atoms with Crippen molar-refractivity contribution in [2.45, 2.75) is 6.92 Å². The maximum Gasteiger partial charge on any atom is 0.331 e. The van der Waals surface area contributed by atoms with E-state index in [9.17, 15) is 4.79 Å². The van der Waals surface area contributed by atoms with E-state index < -0.39 is 5.97 Å². The lowest BCUT2D eigenvalue weighted by Gasteiger charge is -2.15. The van der Waals surface area contributed by atoms with Crippen LogP contribution in [0.3, 0.4) is 0 Å². The zero-order chi connectivity index (χ0) is 18.4. The van der Waals surface area contributed by atoms with Gasteiger partial charge in [-0.25, -0.2) is 4.79 Å². The number of hydrogen-bond donors (Lipinski definition) is 2. The molecule has 0 unspecified atom stereocenters. The van der Waals surface area contributed by atoms with E-state index in [1.54, 1.807) is 34.3 Å². The average Bonchev–Trinajstić information content (AvgIpc) is 2.62. The van der Waals surface area contributed by atoms with Crippen LogP contribution in [0, 0.1) is 0 Å². The third kappa shape index (κ3) is 4.44. The van der Waals surface area contributed by atoms with Gasteiger partial charge in [0, 0.05) is 29.1 Å². The summed E-state index contributed by atoms with van der Waals surface area (Å²) in [6.07, 6.45) is 1.62. The summed E-state index contributed by atoms with van der Waals surface area (Å²) in [7, 11) is 4.68. The van der Waals surface area contributed by atoms with E-state index in [1.807, 2.05) is 36.4 Å². The van der Waals surface area contributed by atoms with Crippen molar-refractivity contribution in [1.29, 1.82) is 0 Å². The predicted molar refractivity (Wildman–Crippen MR) is 97.1 cm³/mol. The minimum atomic E-state index is -0.931. The molecule has 0 radical (unpaired) electrons. The van der Waals surface area contributed by atoms with Gasteiger partial charge < -0.3 is 24.6 Å². The van der Waals surface area contributed by atoms with Crippen LogP contribution in [0.25, 0.3) is 6.08 Å². The molecule has 2 aromatic carbocycles. The second-order valence-corrected chi connectivity index (χ2v) is 5.29. The van der Waals surface area contributed by atoms with Gasteiger partial charge in [-0.05, 0) is 30.7 Å². The fraction of sp³-hybridized carbons (Fsp3) is 0.211. The van der Waals surface area contributed by atoms with E-state index >= 15 is 0 Å². The molecule has 2 N–H and O–H groups in total. The highest BCUT2D eigenvalue weighted by Crippen LogP contribution is 2.40. The normalized spacial score (nSPS) is 11.0. The van der Waals surface area contributed by atoms with Crippen molar-refractivity contribution in [2.24, 2.45) is 0 Å². The zero-order valence-electron chi connectivity index (χ0n) is 14.6. The largest absolute Gasteiger partial charge is 0.493 e. The number of carboxylic acid groups (broad SMARTS) is 1. The van der Waals surface area contributed by atoms with Gasteiger partial charge in [0.2, 0.25) is 5.75 Å². The standard InChI is InChI=1S/C19H21NO5/c1-12(19(21)22)9-13-5-7-14(8-6-13)20-15-10-16(23-2)18(25-4)17(11-15)24-3/h5-11,20H,1-4H3,(H,21,22). The maximum absolute atomic E-state index is 10.9. The lowest BCUT2D eigenvalue weighted by atomic mass is 10.1. The van der Waals surface area contributed by atoms with Crippen LogP contribution in [0.15, 0.2) is 42.0 Å². The van der Waals surface area contributed by atoms with Crippen LogP contribution in [0.1, 0.15) is 12.5 Å². The summed E-state index contributed by atoms with van der Waals surface area (Å²) in [5.74, 6) is 0.710. The molecule has 0 fully saturated rings. The first-order valence-electron chi connectivity index (χ1n) is 7.57. The van der Waals surface area contributed by atoms with Crippen molar-refractivity contribution in [3.8, 4) is 17.2 Å². The Morgan fingerprint density at radius 3 is 1.96 bits per heavy atom. The van der Waals surface area contributed by atoms with E-state index in [1.165, 1.54) is 0 Å². The van der Waals surface area contributed by atoms with Crippen LogP contribution in [0.5, 0.6) is 17.2 Å². The molecular weight excluding hydrogens is 322 g/mol. The van der Waals surface area contributed by atoms with E-state index in [0.29, 0.717) is 17.2 Å². The van der Waals surface area contributed by atoms with Gasteiger partial charge in [-0.3, -0.25) is 0 Å². The summed E-state index contributed by atoms with van der Waals surface area (Å²) < 4.78 is 16.0. The number of ether oxygens (including phenoxy) is 3. The molecule has 0 aliphatic carbocycles. The number of carboxylic acids is 1. The summed E-state index contributed by atoms with van der Waals surface area (Å²) in [4.78, 5) is 10.9. The fourth-order valence-corrected chi connectivity index (χ4v) is 2.29. The molecule has 0 bridgehead atoms. The molecule has 0 saturated heterocycles. The van der Waals surface area contributed by atoms with Gasteiger partial charge in [0.15, 0.2) is 11.5 Å². The number of anilines is 2. The van der Waals surface area contributed by atoms with Gasteiger partial charge in [-0.15, -0.1) is 0 Å². The third-order valence-electron chi connectivity index (χ3n) is 3.58. The first-order chi connectivity index (χ1) is 12.0. The molecule has 25 heavy (non-hydrogen) atoms. The SMILES string of the molecule is COc1cc(Nc2ccc(C=C(C)C(=O)O)cc2)cc(OC)c1OC. The average molecular weight is 343 g/mol. The molecular formula is C19H21NO5. The fourth-order valence-electron chi connectivity index (χ4n) is 2.29. The minimum Gasteiger partial charge on any atom is -0.493 e. The van der Waals surface area contributed by atoms with Crippen LogP contribution in [0.4, 0.5) is 11.4 Å². The lowest BCUT2D eigenvalue weighted by Crippen LogP contribution is -1.98. The van der Waals surface area contributed by atoms with E-state index in [-0.39, 0.29) is 5.57 Å². The Balaban J connectivity index is 2.25. The Morgan fingerprint density at radius 1 is 0.960 bits per heavy atom. The quantitative estimate of drug-likeness (QED) is 0.742. The second kappa shape index (κ2) is 8.10. The monoisotopic (exact) mass is 343 g/mol. The Hall–Kier alpha value is -3.15. The van der Waals surface area contributed by atoms with Crippen molar-refractivity contribution < 1.29 is 24.1 Å². The van der Waals surface area contributed by atoms with Gasteiger partial charge in [-0.1, -0.05) is 12.1 Å². The van der Waals surface area contributed by atoms with Gasteiger partial charge >= 0.3 is 5.97 Å². The van der Waals surface area contributed by atoms with Crippen molar-refractivity contribution in [1.82, 2.24) is 0 Å². The van der Waals surface area contributed by atoms with Gasteiger partial charge in [0.1, 0.15) is 0 Å².